The van der Waals surface area contributed by atoms with Crippen molar-refractivity contribution in [3.63, 3.8) is 0 Å². The van der Waals surface area contributed by atoms with Crippen molar-refractivity contribution in [3.8, 4) is 6.07 Å². The highest BCUT2D eigenvalue weighted by Gasteiger charge is 2.00. The van der Waals surface area contributed by atoms with Crippen LogP contribution >= 0.6 is 0 Å². The number of rotatable bonds is 6. The molecule has 1 aromatic rings. The van der Waals surface area contributed by atoms with E-state index >= 15 is 0 Å². The van der Waals surface area contributed by atoms with Crippen LogP contribution in [0.1, 0.15) is 25.8 Å². The number of hydrogen-bond donors (Lipinski definition) is 1. The summed E-state index contributed by atoms with van der Waals surface area (Å²) < 4.78 is 0. The number of anilines is 1. The molecule has 0 heterocycles. The molecule has 0 saturated carbocycles. The van der Waals surface area contributed by atoms with Gasteiger partial charge in [-0.05, 0) is 31.5 Å². The van der Waals surface area contributed by atoms with Crippen molar-refractivity contribution in [2.24, 2.45) is 5.10 Å². The van der Waals surface area contributed by atoms with Gasteiger partial charge in [0.15, 0.2) is 0 Å². The smallest absolute Gasteiger partial charge is 0.254 e. The summed E-state index contributed by atoms with van der Waals surface area (Å²) in [7, 11) is 0. The zero-order valence-corrected chi connectivity index (χ0v) is 11.3. The molecule has 0 saturated heterocycles. The molecule has 0 unspecified atom stereocenters. The van der Waals surface area contributed by atoms with E-state index in [-0.39, 0.29) is 6.42 Å². The number of carbonyl (C=O) groups is 1. The standard InChI is InChI=1S/C14H18N4O/c1-3-18(4-2)13-7-5-12(6-8-13)11-16-17-14(19)9-10-15/h5-8,11H,3-4,9H2,1-2H3,(H,17,19)/b16-11-. The van der Waals surface area contributed by atoms with Crippen LogP contribution in [0, 0.1) is 11.3 Å². The van der Waals surface area contributed by atoms with E-state index in [0.717, 1.165) is 24.3 Å². The average molecular weight is 258 g/mol. The van der Waals surface area contributed by atoms with Gasteiger partial charge in [-0.1, -0.05) is 12.1 Å². The molecule has 1 aromatic carbocycles. The van der Waals surface area contributed by atoms with Gasteiger partial charge in [-0.25, -0.2) is 5.43 Å². The van der Waals surface area contributed by atoms with Crippen molar-refractivity contribution >= 4 is 17.8 Å². The third-order valence-corrected chi connectivity index (χ3v) is 2.66. The van der Waals surface area contributed by atoms with Gasteiger partial charge < -0.3 is 4.90 Å². The van der Waals surface area contributed by atoms with Crippen LogP contribution in [0.3, 0.4) is 0 Å². The number of amides is 1. The van der Waals surface area contributed by atoms with Crippen molar-refractivity contribution < 1.29 is 4.79 Å². The Kier molecular flexibility index (Phi) is 6.10. The number of hydrogen-bond acceptors (Lipinski definition) is 4. The summed E-state index contributed by atoms with van der Waals surface area (Å²) >= 11 is 0. The molecule has 5 heteroatoms. The lowest BCUT2D eigenvalue weighted by atomic mass is 10.2. The number of hydrazone groups is 1. The lowest BCUT2D eigenvalue weighted by Gasteiger charge is -2.20. The van der Waals surface area contributed by atoms with E-state index in [2.05, 4.69) is 29.3 Å². The second-order valence-electron chi connectivity index (χ2n) is 3.89. The van der Waals surface area contributed by atoms with E-state index in [1.165, 1.54) is 0 Å². The van der Waals surface area contributed by atoms with Crippen molar-refractivity contribution in [3.05, 3.63) is 29.8 Å². The Morgan fingerprint density at radius 3 is 2.53 bits per heavy atom. The fourth-order valence-electron chi connectivity index (χ4n) is 1.65. The van der Waals surface area contributed by atoms with Crippen molar-refractivity contribution in [1.29, 1.82) is 5.26 Å². The third kappa shape index (κ3) is 4.80. The number of nitrogens with one attached hydrogen (secondary N) is 1. The molecule has 0 radical (unpaired) electrons. The Morgan fingerprint density at radius 2 is 2.00 bits per heavy atom. The summed E-state index contributed by atoms with van der Waals surface area (Å²) in [6.45, 7) is 6.16. The van der Waals surface area contributed by atoms with E-state index in [4.69, 9.17) is 5.26 Å². The number of carbonyl (C=O) groups excluding carboxylic acids is 1. The minimum absolute atomic E-state index is 0.182. The normalized spacial score (nSPS) is 10.2. The molecular weight excluding hydrogens is 240 g/mol. The summed E-state index contributed by atoms with van der Waals surface area (Å²) in [6.07, 6.45) is 1.37. The van der Waals surface area contributed by atoms with Crippen LogP contribution in [0.15, 0.2) is 29.4 Å². The summed E-state index contributed by atoms with van der Waals surface area (Å²) in [4.78, 5) is 13.2. The summed E-state index contributed by atoms with van der Waals surface area (Å²) in [6, 6.07) is 9.67. The molecule has 19 heavy (non-hydrogen) atoms. The average Bonchev–Trinajstić information content (AvgIpc) is 2.42. The predicted octanol–water partition coefficient (Wildman–Crippen LogP) is 1.90. The number of nitriles is 1. The molecule has 0 atom stereocenters. The number of nitrogens with zero attached hydrogens (tertiary/aromatic N) is 3. The molecule has 0 aromatic heterocycles. The molecule has 5 nitrogen and oxygen atoms in total. The van der Waals surface area contributed by atoms with Gasteiger partial charge in [0.2, 0.25) is 0 Å². The second-order valence-corrected chi connectivity index (χ2v) is 3.89. The molecule has 0 aliphatic carbocycles. The zero-order chi connectivity index (χ0) is 14.1. The van der Waals surface area contributed by atoms with Gasteiger partial charge in [-0.15, -0.1) is 0 Å². The van der Waals surface area contributed by atoms with Crippen LogP contribution in [0.4, 0.5) is 5.69 Å². The van der Waals surface area contributed by atoms with Crippen LogP contribution in [0.2, 0.25) is 0 Å². The van der Waals surface area contributed by atoms with E-state index in [1.807, 2.05) is 24.3 Å². The lowest BCUT2D eigenvalue weighted by molar-refractivity contribution is -0.120. The first-order valence-corrected chi connectivity index (χ1v) is 6.25. The Morgan fingerprint density at radius 1 is 1.37 bits per heavy atom. The largest absolute Gasteiger partial charge is 0.372 e. The maximum Gasteiger partial charge on any atom is 0.254 e. The molecular formula is C14H18N4O. The molecule has 100 valence electrons. The van der Waals surface area contributed by atoms with Gasteiger partial charge in [-0.2, -0.15) is 10.4 Å². The highest BCUT2D eigenvalue weighted by Crippen LogP contribution is 2.13. The van der Waals surface area contributed by atoms with Gasteiger partial charge in [0.1, 0.15) is 6.42 Å². The molecule has 0 aliphatic rings. The minimum atomic E-state index is -0.404. The zero-order valence-electron chi connectivity index (χ0n) is 11.3. The molecule has 1 rings (SSSR count). The Bertz CT molecular complexity index is 469. The van der Waals surface area contributed by atoms with Crippen LogP contribution in [-0.4, -0.2) is 25.2 Å². The van der Waals surface area contributed by atoms with Crippen molar-refractivity contribution in [1.82, 2.24) is 5.43 Å². The van der Waals surface area contributed by atoms with E-state index in [0.29, 0.717) is 0 Å². The lowest BCUT2D eigenvalue weighted by Crippen LogP contribution is -2.21. The maximum atomic E-state index is 11.0. The van der Waals surface area contributed by atoms with Gasteiger partial charge >= 0.3 is 0 Å². The van der Waals surface area contributed by atoms with E-state index < -0.39 is 5.91 Å². The van der Waals surface area contributed by atoms with Crippen LogP contribution in [0.25, 0.3) is 0 Å². The topological polar surface area (TPSA) is 68.5 Å². The van der Waals surface area contributed by atoms with Crippen LogP contribution in [0.5, 0.6) is 0 Å². The van der Waals surface area contributed by atoms with Gasteiger partial charge in [0.05, 0.1) is 12.3 Å². The minimum Gasteiger partial charge on any atom is -0.372 e. The Labute approximate surface area is 113 Å². The van der Waals surface area contributed by atoms with Crippen LogP contribution < -0.4 is 10.3 Å². The first-order valence-electron chi connectivity index (χ1n) is 6.25. The maximum absolute atomic E-state index is 11.0. The first kappa shape index (κ1) is 14.7. The number of benzene rings is 1. The fraction of sp³-hybridized carbons (Fsp3) is 0.357. The van der Waals surface area contributed by atoms with Crippen molar-refractivity contribution in [2.45, 2.75) is 20.3 Å². The molecule has 0 fully saturated rings. The summed E-state index contributed by atoms with van der Waals surface area (Å²) in [5, 5.41) is 12.1. The Balaban J connectivity index is 2.60. The molecule has 1 amide bonds. The highest BCUT2D eigenvalue weighted by molar-refractivity contribution is 5.83. The quantitative estimate of drug-likeness (QED) is 0.626. The molecule has 0 bridgehead atoms. The summed E-state index contributed by atoms with van der Waals surface area (Å²) in [5.74, 6) is -0.404. The van der Waals surface area contributed by atoms with Gasteiger partial charge in [0, 0.05) is 18.8 Å². The first-order chi connectivity index (χ1) is 9.21. The third-order valence-electron chi connectivity index (χ3n) is 2.66. The monoisotopic (exact) mass is 258 g/mol. The van der Waals surface area contributed by atoms with E-state index in [1.54, 1.807) is 12.3 Å². The Hall–Kier alpha value is -2.35. The second kappa shape index (κ2) is 7.88. The molecule has 1 N–H and O–H groups in total. The highest BCUT2D eigenvalue weighted by atomic mass is 16.2. The van der Waals surface area contributed by atoms with Crippen molar-refractivity contribution in [2.75, 3.05) is 18.0 Å². The van der Waals surface area contributed by atoms with Crippen LogP contribution in [-0.2, 0) is 4.79 Å². The molecule has 0 spiro atoms. The van der Waals surface area contributed by atoms with Gasteiger partial charge in [-0.3, -0.25) is 4.79 Å². The summed E-state index contributed by atoms with van der Waals surface area (Å²) in [5.41, 5.74) is 4.35. The predicted molar refractivity (Wildman–Crippen MR) is 76.0 cm³/mol. The van der Waals surface area contributed by atoms with Gasteiger partial charge in [0.25, 0.3) is 5.91 Å². The van der Waals surface area contributed by atoms with E-state index in [9.17, 15) is 4.79 Å². The fourth-order valence-corrected chi connectivity index (χ4v) is 1.65. The SMILES string of the molecule is CCN(CC)c1ccc(/C=N\NC(=O)CC#N)cc1. The molecule has 0 aliphatic heterocycles.